The molecule has 0 radical (unpaired) electrons. The number of rotatable bonds is 3. The lowest BCUT2D eigenvalue weighted by molar-refractivity contribution is -0.114. The largest absolute Gasteiger partial charge is 0.381 e. The quantitative estimate of drug-likeness (QED) is 0.898. The van der Waals surface area contributed by atoms with Gasteiger partial charge in [0.05, 0.1) is 0 Å². The van der Waals surface area contributed by atoms with Crippen LogP contribution in [-0.2, 0) is 4.79 Å². The second kappa shape index (κ2) is 6.06. The van der Waals surface area contributed by atoms with Crippen molar-refractivity contribution < 1.29 is 4.79 Å². The highest BCUT2D eigenvalue weighted by atomic mass is 16.1. The summed E-state index contributed by atoms with van der Waals surface area (Å²) in [6.07, 6.45) is 5.27. The van der Waals surface area contributed by atoms with Crippen LogP contribution >= 0.6 is 0 Å². The molecule has 114 valence electrons. The van der Waals surface area contributed by atoms with E-state index in [1.54, 1.807) is 6.92 Å². The Labute approximate surface area is 126 Å². The van der Waals surface area contributed by atoms with E-state index in [0.29, 0.717) is 12.1 Å². The van der Waals surface area contributed by atoms with Crippen molar-refractivity contribution in [2.24, 2.45) is 0 Å². The molecular weight excluding hydrogens is 262 g/mol. The molecule has 21 heavy (non-hydrogen) atoms. The maximum atomic E-state index is 11.2. The second-order valence-corrected chi connectivity index (χ2v) is 6.35. The van der Waals surface area contributed by atoms with Crippen molar-refractivity contribution in [1.29, 1.82) is 0 Å². The summed E-state index contributed by atoms with van der Waals surface area (Å²) in [5, 5.41) is 6.57. The second-order valence-electron chi connectivity index (χ2n) is 6.35. The Bertz CT molecular complexity index is 529. The van der Waals surface area contributed by atoms with Crippen LogP contribution in [0, 0.1) is 6.92 Å². The molecule has 1 amide bonds. The number of benzene rings is 1. The van der Waals surface area contributed by atoms with Gasteiger partial charge in [-0.2, -0.15) is 0 Å². The molecule has 2 atom stereocenters. The predicted molar refractivity (Wildman–Crippen MR) is 86.7 cm³/mol. The first-order valence-corrected chi connectivity index (χ1v) is 8.02. The van der Waals surface area contributed by atoms with Crippen LogP contribution in [-0.4, -0.2) is 36.0 Å². The number of anilines is 2. The van der Waals surface area contributed by atoms with Crippen molar-refractivity contribution >= 4 is 17.3 Å². The van der Waals surface area contributed by atoms with Gasteiger partial charge in [0, 0.05) is 36.9 Å². The molecule has 0 aromatic heterocycles. The van der Waals surface area contributed by atoms with E-state index in [4.69, 9.17) is 0 Å². The number of hydrogen-bond acceptors (Lipinski definition) is 3. The highest BCUT2D eigenvalue weighted by molar-refractivity contribution is 5.89. The van der Waals surface area contributed by atoms with Gasteiger partial charge in [0.25, 0.3) is 0 Å². The Hall–Kier alpha value is -1.55. The smallest absolute Gasteiger partial charge is 0.221 e. The Morgan fingerprint density at radius 1 is 1.24 bits per heavy atom. The van der Waals surface area contributed by atoms with Crippen molar-refractivity contribution in [3.63, 3.8) is 0 Å². The van der Waals surface area contributed by atoms with E-state index >= 15 is 0 Å². The third-order valence-corrected chi connectivity index (χ3v) is 4.75. The number of fused-ring (bicyclic) bond motifs is 1. The number of piperidine rings is 1. The SMILES string of the molecule is CC(=O)Nc1ccc(NC2CCN3CCCCC23)cc1C. The maximum absolute atomic E-state index is 11.2. The lowest BCUT2D eigenvalue weighted by Gasteiger charge is -2.33. The fourth-order valence-corrected chi connectivity index (χ4v) is 3.71. The average molecular weight is 287 g/mol. The van der Waals surface area contributed by atoms with E-state index < -0.39 is 0 Å². The minimum atomic E-state index is -0.0209. The molecule has 0 spiro atoms. The number of amides is 1. The minimum absolute atomic E-state index is 0.0209. The summed E-state index contributed by atoms with van der Waals surface area (Å²) in [6.45, 7) is 6.08. The number of hydrogen-bond donors (Lipinski definition) is 2. The molecule has 2 N–H and O–H groups in total. The molecule has 4 heteroatoms. The van der Waals surface area contributed by atoms with Gasteiger partial charge in [-0.05, 0) is 56.5 Å². The van der Waals surface area contributed by atoms with Crippen LogP contribution < -0.4 is 10.6 Å². The van der Waals surface area contributed by atoms with Gasteiger partial charge in [0.15, 0.2) is 0 Å². The summed E-state index contributed by atoms with van der Waals surface area (Å²) >= 11 is 0. The van der Waals surface area contributed by atoms with E-state index in [9.17, 15) is 4.79 Å². The predicted octanol–water partition coefficient (Wildman–Crippen LogP) is 2.99. The van der Waals surface area contributed by atoms with Crippen LogP contribution in [0.4, 0.5) is 11.4 Å². The zero-order chi connectivity index (χ0) is 14.8. The fraction of sp³-hybridized carbons (Fsp3) is 0.588. The molecule has 0 bridgehead atoms. The molecule has 1 aromatic rings. The van der Waals surface area contributed by atoms with Crippen LogP contribution in [0.5, 0.6) is 0 Å². The molecular formula is C17H25N3O. The standard InChI is InChI=1S/C17H25N3O/c1-12-11-14(6-7-15(12)18-13(2)21)19-16-8-10-20-9-4-3-5-17(16)20/h6-7,11,16-17,19H,3-5,8-10H2,1-2H3,(H,18,21). The van der Waals surface area contributed by atoms with E-state index in [0.717, 1.165) is 11.3 Å². The normalized spacial score (nSPS) is 25.4. The maximum Gasteiger partial charge on any atom is 0.221 e. The van der Waals surface area contributed by atoms with Gasteiger partial charge in [-0.1, -0.05) is 6.42 Å². The van der Waals surface area contributed by atoms with Crippen LogP contribution in [0.1, 0.15) is 38.2 Å². The van der Waals surface area contributed by atoms with Crippen molar-refractivity contribution in [2.45, 2.75) is 51.6 Å². The number of nitrogens with one attached hydrogen (secondary N) is 2. The van der Waals surface area contributed by atoms with Crippen LogP contribution in [0.25, 0.3) is 0 Å². The van der Waals surface area contributed by atoms with Gasteiger partial charge in [0.2, 0.25) is 5.91 Å². The first kappa shape index (κ1) is 14.4. The highest BCUT2D eigenvalue weighted by Crippen LogP contribution is 2.30. The average Bonchev–Trinajstić information content (AvgIpc) is 2.85. The monoisotopic (exact) mass is 287 g/mol. The zero-order valence-electron chi connectivity index (χ0n) is 13.0. The van der Waals surface area contributed by atoms with Gasteiger partial charge < -0.3 is 10.6 Å². The van der Waals surface area contributed by atoms with Gasteiger partial charge >= 0.3 is 0 Å². The van der Waals surface area contributed by atoms with Gasteiger partial charge in [-0.15, -0.1) is 0 Å². The number of carbonyl (C=O) groups is 1. The molecule has 2 unspecified atom stereocenters. The Morgan fingerprint density at radius 2 is 2.10 bits per heavy atom. The summed E-state index contributed by atoms with van der Waals surface area (Å²) in [4.78, 5) is 13.8. The summed E-state index contributed by atoms with van der Waals surface area (Å²) in [7, 11) is 0. The van der Waals surface area contributed by atoms with Gasteiger partial charge in [0.1, 0.15) is 0 Å². The fourth-order valence-electron chi connectivity index (χ4n) is 3.71. The summed E-state index contributed by atoms with van der Waals surface area (Å²) in [6, 6.07) is 7.47. The van der Waals surface area contributed by atoms with Gasteiger partial charge in [-0.25, -0.2) is 0 Å². The molecule has 2 fully saturated rings. The summed E-state index contributed by atoms with van der Waals surface area (Å²) < 4.78 is 0. The molecule has 1 aromatic carbocycles. The summed E-state index contributed by atoms with van der Waals surface area (Å²) in [5.41, 5.74) is 3.17. The first-order valence-electron chi connectivity index (χ1n) is 8.02. The number of aryl methyl sites for hydroxylation is 1. The van der Waals surface area contributed by atoms with E-state index in [1.165, 1.54) is 44.5 Å². The Morgan fingerprint density at radius 3 is 2.86 bits per heavy atom. The summed E-state index contributed by atoms with van der Waals surface area (Å²) in [5.74, 6) is -0.0209. The van der Waals surface area contributed by atoms with E-state index in [1.807, 2.05) is 13.0 Å². The molecule has 2 heterocycles. The lowest BCUT2D eigenvalue weighted by Crippen LogP contribution is -2.41. The minimum Gasteiger partial charge on any atom is -0.381 e. The topological polar surface area (TPSA) is 44.4 Å². The molecule has 0 aliphatic carbocycles. The van der Waals surface area contributed by atoms with Crippen molar-refractivity contribution in [1.82, 2.24) is 4.90 Å². The number of carbonyl (C=O) groups excluding carboxylic acids is 1. The molecule has 2 aliphatic heterocycles. The third kappa shape index (κ3) is 3.21. The van der Waals surface area contributed by atoms with Crippen LogP contribution in [0.2, 0.25) is 0 Å². The van der Waals surface area contributed by atoms with E-state index in [-0.39, 0.29) is 5.91 Å². The first-order chi connectivity index (χ1) is 10.1. The van der Waals surface area contributed by atoms with Crippen molar-refractivity contribution in [2.75, 3.05) is 23.7 Å². The lowest BCUT2D eigenvalue weighted by atomic mass is 9.98. The van der Waals surface area contributed by atoms with Gasteiger partial charge in [-0.3, -0.25) is 9.69 Å². The van der Waals surface area contributed by atoms with E-state index in [2.05, 4.69) is 27.7 Å². The third-order valence-electron chi connectivity index (χ3n) is 4.75. The van der Waals surface area contributed by atoms with Crippen molar-refractivity contribution in [3.05, 3.63) is 23.8 Å². The Balaban J connectivity index is 1.67. The van der Waals surface area contributed by atoms with Crippen LogP contribution in [0.3, 0.4) is 0 Å². The highest BCUT2D eigenvalue weighted by Gasteiger charge is 2.35. The number of nitrogens with zero attached hydrogens (tertiary/aromatic N) is 1. The molecule has 2 saturated heterocycles. The molecule has 2 aliphatic rings. The zero-order valence-corrected chi connectivity index (χ0v) is 13.0. The van der Waals surface area contributed by atoms with Crippen LogP contribution in [0.15, 0.2) is 18.2 Å². The molecule has 0 saturated carbocycles. The van der Waals surface area contributed by atoms with Crippen molar-refractivity contribution in [3.8, 4) is 0 Å². The molecule has 3 rings (SSSR count). The molecule has 4 nitrogen and oxygen atoms in total. The Kier molecular flexibility index (Phi) is 4.15.